The maximum absolute atomic E-state index is 11.2. The molecular formula is C11H18O. The summed E-state index contributed by atoms with van der Waals surface area (Å²) in [5.41, 5.74) is 0. The molecule has 1 nitrogen and oxygen atoms in total. The summed E-state index contributed by atoms with van der Waals surface area (Å²) < 4.78 is 0. The average molecular weight is 166 g/mol. The summed E-state index contributed by atoms with van der Waals surface area (Å²) in [5.74, 6) is 3.10. The number of rotatable bonds is 0. The monoisotopic (exact) mass is 166 g/mol. The van der Waals surface area contributed by atoms with E-state index in [0.717, 1.165) is 30.6 Å². The fourth-order valence-electron chi connectivity index (χ4n) is 2.92. The van der Waals surface area contributed by atoms with Crippen LogP contribution in [-0.2, 0) is 4.79 Å². The zero-order valence-corrected chi connectivity index (χ0v) is 7.88. The molecular weight excluding hydrogens is 148 g/mol. The van der Waals surface area contributed by atoms with E-state index >= 15 is 0 Å². The first-order valence-corrected chi connectivity index (χ1v) is 5.27. The molecule has 2 aliphatic rings. The Labute approximate surface area is 74.5 Å². The molecule has 0 aromatic rings. The Kier molecular flexibility index (Phi) is 2.20. The van der Waals surface area contributed by atoms with Crippen molar-refractivity contribution in [2.75, 3.05) is 0 Å². The molecule has 12 heavy (non-hydrogen) atoms. The number of hydrogen-bond donors (Lipinski definition) is 0. The van der Waals surface area contributed by atoms with Crippen molar-refractivity contribution in [1.29, 1.82) is 0 Å². The summed E-state index contributed by atoms with van der Waals surface area (Å²) in [6, 6.07) is 0. The van der Waals surface area contributed by atoms with E-state index in [1.165, 1.54) is 25.7 Å². The Morgan fingerprint density at radius 3 is 2.83 bits per heavy atom. The Morgan fingerprint density at radius 1 is 1.17 bits per heavy atom. The quantitative estimate of drug-likeness (QED) is 0.541. The molecule has 1 heteroatoms. The van der Waals surface area contributed by atoms with Crippen molar-refractivity contribution < 1.29 is 4.79 Å². The van der Waals surface area contributed by atoms with Gasteiger partial charge in [0.15, 0.2) is 0 Å². The van der Waals surface area contributed by atoms with Crippen LogP contribution in [0.15, 0.2) is 0 Å². The number of ketones is 1. The maximum Gasteiger partial charge on any atom is 0.133 e. The van der Waals surface area contributed by atoms with Gasteiger partial charge in [0.2, 0.25) is 0 Å². The van der Waals surface area contributed by atoms with E-state index in [1.807, 2.05) is 0 Å². The summed E-state index contributed by atoms with van der Waals surface area (Å²) in [5, 5.41) is 0. The van der Waals surface area contributed by atoms with Crippen molar-refractivity contribution in [3.63, 3.8) is 0 Å². The van der Waals surface area contributed by atoms with Crippen molar-refractivity contribution in [2.45, 2.75) is 45.4 Å². The van der Waals surface area contributed by atoms with Gasteiger partial charge in [-0.05, 0) is 37.0 Å². The molecule has 3 atom stereocenters. The van der Waals surface area contributed by atoms with Crippen LogP contribution in [0, 0.1) is 17.8 Å². The molecule has 0 saturated heterocycles. The number of carbonyl (C=O) groups excluding carboxylic acids is 1. The van der Waals surface area contributed by atoms with Gasteiger partial charge in [-0.1, -0.05) is 13.3 Å². The van der Waals surface area contributed by atoms with Gasteiger partial charge in [0.05, 0.1) is 0 Å². The van der Waals surface area contributed by atoms with E-state index in [2.05, 4.69) is 6.92 Å². The van der Waals surface area contributed by atoms with E-state index in [4.69, 9.17) is 0 Å². The van der Waals surface area contributed by atoms with Crippen LogP contribution in [0.1, 0.15) is 45.4 Å². The van der Waals surface area contributed by atoms with Crippen LogP contribution in [-0.4, -0.2) is 5.78 Å². The second-order valence-corrected chi connectivity index (χ2v) is 4.72. The summed E-state index contributed by atoms with van der Waals surface area (Å²) in [4.78, 5) is 11.2. The molecule has 0 unspecified atom stereocenters. The zero-order valence-electron chi connectivity index (χ0n) is 7.88. The summed E-state index contributed by atoms with van der Waals surface area (Å²) >= 11 is 0. The fraction of sp³-hybridized carbons (Fsp3) is 0.909. The third kappa shape index (κ3) is 1.55. The Morgan fingerprint density at radius 2 is 2.00 bits per heavy atom. The smallest absolute Gasteiger partial charge is 0.133 e. The Hall–Kier alpha value is -0.330. The number of fused-ring (bicyclic) bond motifs is 1. The third-order valence-corrected chi connectivity index (χ3v) is 3.69. The van der Waals surface area contributed by atoms with Crippen LogP contribution in [0.4, 0.5) is 0 Å². The van der Waals surface area contributed by atoms with E-state index in [9.17, 15) is 4.79 Å². The lowest BCUT2D eigenvalue weighted by molar-refractivity contribution is -0.123. The molecule has 0 aromatic carbocycles. The number of hydrogen-bond acceptors (Lipinski definition) is 1. The zero-order chi connectivity index (χ0) is 8.55. The van der Waals surface area contributed by atoms with Gasteiger partial charge in [-0.3, -0.25) is 4.79 Å². The molecule has 2 aliphatic carbocycles. The highest BCUT2D eigenvalue weighted by molar-refractivity contribution is 5.79. The van der Waals surface area contributed by atoms with E-state index in [1.54, 1.807) is 0 Å². The molecule has 0 spiro atoms. The molecule has 2 rings (SSSR count). The van der Waals surface area contributed by atoms with Crippen molar-refractivity contribution in [1.82, 2.24) is 0 Å². The van der Waals surface area contributed by atoms with Gasteiger partial charge in [-0.25, -0.2) is 0 Å². The van der Waals surface area contributed by atoms with Gasteiger partial charge in [-0.15, -0.1) is 0 Å². The molecule has 0 radical (unpaired) electrons. The normalized spacial score (nSPS) is 42.4. The minimum absolute atomic E-state index is 0.519. The lowest BCUT2D eigenvalue weighted by Gasteiger charge is -2.37. The molecule has 0 aromatic heterocycles. The lowest BCUT2D eigenvalue weighted by atomic mass is 9.68. The Bertz CT molecular complexity index is 185. The van der Waals surface area contributed by atoms with Gasteiger partial charge in [0.1, 0.15) is 5.78 Å². The molecule has 0 bridgehead atoms. The van der Waals surface area contributed by atoms with E-state index in [-0.39, 0.29) is 0 Å². The fourth-order valence-corrected chi connectivity index (χ4v) is 2.92. The lowest BCUT2D eigenvalue weighted by Crippen LogP contribution is -2.30. The van der Waals surface area contributed by atoms with Gasteiger partial charge >= 0.3 is 0 Å². The van der Waals surface area contributed by atoms with Crippen LogP contribution in [0.25, 0.3) is 0 Å². The van der Waals surface area contributed by atoms with Crippen LogP contribution in [0.3, 0.4) is 0 Å². The summed E-state index contributed by atoms with van der Waals surface area (Å²) in [6.07, 6.45) is 7.02. The topological polar surface area (TPSA) is 17.1 Å². The largest absolute Gasteiger partial charge is 0.300 e. The minimum Gasteiger partial charge on any atom is -0.300 e. The molecule has 0 amide bonds. The number of Topliss-reactive ketones (excluding diaryl/α,β-unsaturated/α-hetero) is 1. The van der Waals surface area contributed by atoms with Crippen molar-refractivity contribution in [2.24, 2.45) is 17.8 Å². The van der Waals surface area contributed by atoms with E-state index in [0.29, 0.717) is 5.78 Å². The molecule has 0 aliphatic heterocycles. The molecule has 2 saturated carbocycles. The van der Waals surface area contributed by atoms with Crippen LogP contribution in [0.5, 0.6) is 0 Å². The third-order valence-electron chi connectivity index (χ3n) is 3.69. The molecule has 68 valence electrons. The average Bonchev–Trinajstić information content (AvgIpc) is 2.05. The van der Waals surface area contributed by atoms with Crippen molar-refractivity contribution >= 4 is 5.78 Å². The predicted molar refractivity (Wildman–Crippen MR) is 48.9 cm³/mol. The molecule has 0 heterocycles. The van der Waals surface area contributed by atoms with Gasteiger partial charge in [0.25, 0.3) is 0 Å². The van der Waals surface area contributed by atoms with Crippen LogP contribution >= 0.6 is 0 Å². The highest BCUT2D eigenvalue weighted by Crippen LogP contribution is 2.41. The minimum atomic E-state index is 0.519. The van der Waals surface area contributed by atoms with Crippen molar-refractivity contribution in [3.05, 3.63) is 0 Å². The van der Waals surface area contributed by atoms with Gasteiger partial charge < -0.3 is 0 Å². The standard InChI is InChI=1S/C11H18O/c1-8-2-3-10-7-11(12)5-4-9(10)6-8/h8-10H,2-7H2,1H3/t8-,9-,10+/m1/s1. The van der Waals surface area contributed by atoms with Gasteiger partial charge in [0, 0.05) is 12.8 Å². The van der Waals surface area contributed by atoms with E-state index < -0.39 is 0 Å². The SMILES string of the molecule is C[C@@H]1CC[C@H]2CC(=O)CC[C@@H]2C1. The van der Waals surface area contributed by atoms with Crippen LogP contribution < -0.4 is 0 Å². The summed E-state index contributed by atoms with van der Waals surface area (Å²) in [6.45, 7) is 2.35. The van der Waals surface area contributed by atoms with Crippen LogP contribution in [0.2, 0.25) is 0 Å². The highest BCUT2D eigenvalue weighted by atomic mass is 16.1. The first-order chi connectivity index (χ1) is 5.75. The second-order valence-electron chi connectivity index (χ2n) is 4.72. The second kappa shape index (κ2) is 3.20. The predicted octanol–water partition coefficient (Wildman–Crippen LogP) is 2.79. The molecule has 0 N–H and O–H groups in total. The first kappa shape index (κ1) is 8.28. The maximum atomic E-state index is 11.2. The van der Waals surface area contributed by atoms with Crippen molar-refractivity contribution in [3.8, 4) is 0 Å². The molecule has 2 fully saturated rings. The van der Waals surface area contributed by atoms with Gasteiger partial charge in [-0.2, -0.15) is 0 Å². The first-order valence-electron chi connectivity index (χ1n) is 5.27. The number of carbonyl (C=O) groups is 1. The Balaban J connectivity index is 1.98. The summed E-state index contributed by atoms with van der Waals surface area (Å²) in [7, 11) is 0. The highest BCUT2D eigenvalue weighted by Gasteiger charge is 2.33.